The van der Waals surface area contributed by atoms with Crippen LogP contribution in [0.3, 0.4) is 0 Å². The van der Waals surface area contributed by atoms with E-state index in [0.717, 1.165) is 0 Å². The molecule has 1 heterocycles. The second-order valence-corrected chi connectivity index (χ2v) is 7.06. The molecule has 3 aromatic rings. The minimum atomic E-state index is -0.782. The summed E-state index contributed by atoms with van der Waals surface area (Å²) in [4.78, 5) is 12.8. The topological polar surface area (TPSA) is 55.1 Å². The van der Waals surface area contributed by atoms with Crippen LogP contribution in [0.25, 0.3) is 11.3 Å². The van der Waals surface area contributed by atoms with Crippen LogP contribution in [0, 0.1) is 5.82 Å². The summed E-state index contributed by atoms with van der Waals surface area (Å²) in [7, 11) is 0. The Labute approximate surface area is 158 Å². The van der Waals surface area contributed by atoms with E-state index in [9.17, 15) is 9.18 Å². The highest BCUT2D eigenvalue weighted by molar-refractivity contribution is 6.36. The fourth-order valence-corrected chi connectivity index (χ4v) is 3.30. The first-order valence-corrected chi connectivity index (χ1v) is 8.74. The summed E-state index contributed by atoms with van der Waals surface area (Å²) in [5, 5.41) is 7.67. The molecule has 0 saturated heterocycles. The van der Waals surface area contributed by atoms with Crippen LogP contribution in [0.2, 0.25) is 10.0 Å². The predicted molar refractivity (Wildman–Crippen MR) is 97.9 cm³/mol. The molecule has 0 bridgehead atoms. The summed E-state index contributed by atoms with van der Waals surface area (Å²) in [6, 6.07) is 12.7. The van der Waals surface area contributed by atoms with Crippen molar-refractivity contribution in [3.05, 3.63) is 70.1 Å². The normalized spacial score (nSPS) is 14.9. The third kappa shape index (κ3) is 2.97. The van der Waals surface area contributed by atoms with E-state index in [0.29, 0.717) is 45.6 Å². The molecule has 0 aliphatic heterocycles. The molecule has 1 amide bonds. The molecule has 0 atom stereocenters. The number of halogens is 3. The zero-order valence-electron chi connectivity index (χ0n) is 13.4. The molecule has 7 heteroatoms. The molecule has 132 valence electrons. The summed E-state index contributed by atoms with van der Waals surface area (Å²) in [5.74, 6) is -0.339. The quantitative estimate of drug-likeness (QED) is 0.643. The van der Waals surface area contributed by atoms with E-state index in [1.165, 1.54) is 6.07 Å². The Kier molecular flexibility index (Phi) is 4.21. The Hall–Kier alpha value is -2.37. The van der Waals surface area contributed by atoms with Crippen LogP contribution in [-0.4, -0.2) is 11.1 Å². The maximum atomic E-state index is 13.9. The second-order valence-electron chi connectivity index (χ2n) is 6.22. The summed E-state index contributed by atoms with van der Waals surface area (Å²) in [5.41, 5.74) is 0.488. The maximum Gasteiger partial charge on any atom is 0.236 e. The molecule has 26 heavy (non-hydrogen) atoms. The van der Waals surface area contributed by atoms with E-state index in [2.05, 4.69) is 10.5 Å². The highest BCUT2D eigenvalue weighted by atomic mass is 35.5. The van der Waals surface area contributed by atoms with Gasteiger partial charge < -0.3 is 9.84 Å². The smallest absolute Gasteiger partial charge is 0.236 e. The Balaban J connectivity index is 1.59. The predicted octanol–water partition coefficient (Wildman–Crippen LogP) is 5.46. The lowest BCUT2D eigenvalue weighted by Gasteiger charge is -2.13. The zero-order valence-corrected chi connectivity index (χ0v) is 14.9. The van der Waals surface area contributed by atoms with Crippen molar-refractivity contribution in [3.63, 3.8) is 0 Å². The standard InChI is InChI=1S/C19H13Cl2FN2O2/c20-11-5-6-15(13(21)9-11)23-18(25)19(7-8-19)17-10-16(26-24-17)12-3-1-2-4-14(12)22/h1-6,9-10H,7-8H2,(H,23,25). The van der Waals surface area contributed by atoms with Gasteiger partial charge in [0.05, 0.1) is 27.4 Å². The van der Waals surface area contributed by atoms with E-state index >= 15 is 0 Å². The number of hydrogen-bond donors (Lipinski definition) is 1. The van der Waals surface area contributed by atoms with Crippen LogP contribution in [0.5, 0.6) is 0 Å². The van der Waals surface area contributed by atoms with Crippen molar-refractivity contribution in [3.8, 4) is 11.3 Å². The van der Waals surface area contributed by atoms with Gasteiger partial charge in [0.15, 0.2) is 5.76 Å². The fraction of sp³-hybridized carbons (Fsp3) is 0.158. The molecular formula is C19H13Cl2FN2O2. The van der Waals surface area contributed by atoms with Gasteiger partial charge in [0, 0.05) is 11.1 Å². The van der Waals surface area contributed by atoms with Crippen molar-refractivity contribution in [1.29, 1.82) is 0 Å². The van der Waals surface area contributed by atoms with E-state index in [-0.39, 0.29) is 5.91 Å². The lowest BCUT2D eigenvalue weighted by Crippen LogP contribution is -2.28. The third-order valence-electron chi connectivity index (χ3n) is 4.50. The third-order valence-corrected chi connectivity index (χ3v) is 5.05. The molecule has 1 fully saturated rings. The molecule has 1 aromatic heterocycles. The largest absolute Gasteiger partial charge is 0.356 e. The van der Waals surface area contributed by atoms with Crippen molar-refractivity contribution in [2.24, 2.45) is 0 Å². The number of amides is 1. The first-order valence-electron chi connectivity index (χ1n) is 7.98. The Morgan fingerprint density at radius 2 is 1.92 bits per heavy atom. The Morgan fingerprint density at radius 3 is 2.62 bits per heavy atom. The van der Waals surface area contributed by atoms with Crippen LogP contribution >= 0.6 is 23.2 Å². The number of anilines is 1. The van der Waals surface area contributed by atoms with Crippen LogP contribution < -0.4 is 5.32 Å². The van der Waals surface area contributed by atoms with E-state index in [1.807, 2.05) is 0 Å². The molecule has 0 unspecified atom stereocenters. The highest BCUT2D eigenvalue weighted by Crippen LogP contribution is 2.49. The number of rotatable bonds is 4. The summed E-state index contributed by atoms with van der Waals surface area (Å²) in [6.45, 7) is 0. The van der Waals surface area contributed by atoms with Gasteiger partial charge in [-0.2, -0.15) is 0 Å². The van der Waals surface area contributed by atoms with Gasteiger partial charge >= 0.3 is 0 Å². The minimum absolute atomic E-state index is 0.227. The van der Waals surface area contributed by atoms with E-state index in [1.54, 1.807) is 42.5 Å². The van der Waals surface area contributed by atoms with Crippen molar-refractivity contribution in [1.82, 2.24) is 5.16 Å². The Morgan fingerprint density at radius 1 is 1.15 bits per heavy atom. The van der Waals surface area contributed by atoms with Crippen molar-refractivity contribution < 1.29 is 13.7 Å². The average Bonchev–Trinajstić information content (AvgIpc) is 3.29. The van der Waals surface area contributed by atoms with E-state index in [4.69, 9.17) is 27.7 Å². The molecule has 1 aliphatic rings. The van der Waals surface area contributed by atoms with Gasteiger partial charge in [-0.15, -0.1) is 0 Å². The number of nitrogens with one attached hydrogen (secondary N) is 1. The van der Waals surface area contributed by atoms with Gasteiger partial charge in [-0.1, -0.05) is 40.5 Å². The van der Waals surface area contributed by atoms with Crippen LogP contribution in [0.1, 0.15) is 18.5 Å². The molecule has 2 aromatic carbocycles. The maximum absolute atomic E-state index is 13.9. The number of hydrogen-bond acceptors (Lipinski definition) is 3. The van der Waals surface area contributed by atoms with Gasteiger partial charge in [0.1, 0.15) is 5.82 Å². The Bertz CT molecular complexity index is 999. The summed E-state index contributed by atoms with van der Waals surface area (Å²) in [6.07, 6.45) is 1.26. The molecule has 0 spiro atoms. The SMILES string of the molecule is O=C(Nc1ccc(Cl)cc1Cl)C1(c2cc(-c3ccccc3F)on2)CC1. The first-order chi connectivity index (χ1) is 12.5. The molecule has 0 radical (unpaired) electrons. The lowest BCUT2D eigenvalue weighted by atomic mass is 10.00. The number of carbonyl (C=O) groups excluding carboxylic acids is 1. The van der Waals surface area contributed by atoms with Crippen LogP contribution in [0.4, 0.5) is 10.1 Å². The van der Waals surface area contributed by atoms with Gasteiger partial charge in [0.25, 0.3) is 0 Å². The summed E-state index contributed by atoms with van der Waals surface area (Å²) < 4.78 is 19.2. The zero-order chi connectivity index (χ0) is 18.3. The van der Waals surface area contributed by atoms with Crippen LogP contribution in [-0.2, 0) is 10.2 Å². The average molecular weight is 391 g/mol. The van der Waals surface area contributed by atoms with E-state index < -0.39 is 11.2 Å². The lowest BCUT2D eigenvalue weighted by molar-refractivity contribution is -0.118. The number of nitrogens with zero attached hydrogens (tertiary/aromatic N) is 1. The van der Waals surface area contributed by atoms with Crippen LogP contribution in [0.15, 0.2) is 53.1 Å². The number of carbonyl (C=O) groups is 1. The number of aromatic nitrogens is 1. The molecular weight excluding hydrogens is 378 g/mol. The molecule has 1 saturated carbocycles. The monoisotopic (exact) mass is 390 g/mol. The van der Waals surface area contributed by atoms with Gasteiger partial charge in [-0.25, -0.2) is 4.39 Å². The van der Waals surface area contributed by atoms with Crippen molar-refractivity contribution >= 4 is 34.8 Å². The molecule has 4 rings (SSSR count). The minimum Gasteiger partial charge on any atom is -0.356 e. The fourth-order valence-electron chi connectivity index (χ4n) is 2.85. The summed E-state index contributed by atoms with van der Waals surface area (Å²) >= 11 is 12.0. The van der Waals surface area contributed by atoms with Gasteiger partial charge in [-0.3, -0.25) is 4.79 Å². The molecule has 1 N–H and O–H groups in total. The number of benzene rings is 2. The first kappa shape index (κ1) is 17.1. The van der Waals surface area contributed by atoms with Gasteiger partial charge in [0.2, 0.25) is 5.91 Å². The van der Waals surface area contributed by atoms with Gasteiger partial charge in [-0.05, 0) is 43.2 Å². The van der Waals surface area contributed by atoms with Crippen molar-refractivity contribution in [2.45, 2.75) is 18.3 Å². The molecule has 1 aliphatic carbocycles. The highest BCUT2D eigenvalue weighted by Gasteiger charge is 2.54. The second kappa shape index (κ2) is 6.41. The van der Waals surface area contributed by atoms with Crippen molar-refractivity contribution in [2.75, 3.05) is 5.32 Å². The molecule has 4 nitrogen and oxygen atoms in total.